The molecule has 0 saturated heterocycles. The molecule has 0 amide bonds. The zero-order valence-electron chi connectivity index (χ0n) is 10.3. The Kier molecular flexibility index (Phi) is 3.83. The molecule has 0 spiro atoms. The standard InChI is InChI=1S/C12H22N4/c1-3-15(11-5-6-11)9-7-13-12-14-8-10-16(12)4-2/h8,10-11H,3-7,9H2,1-2H3,(H,13,14). The van der Waals surface area contributed by atoms with Crippen LogP contribution in [-0.4, -0.2) is 40.1 Å². The van der Waals surface area contributed by atoms with Crippen LogP contribution in [0, 0.1) is 0 Å². The van der Waals surface area contributed by atoms with Gasteiger partial charge in [0.15, 0.2) is 0 Å². The normalized spacial score (nSPS) is 15.7. The van der Waals surface area contributed by atoms with Gasteiger partial charge in [-0.25, -0.2) is 4.98 Å². The lowest BCUT2D eigenvalue weighted by atomic mass is 10.4. The summed E-state index contributed by atoms with van der Waals surface area (Å²) in [5.41, 5.74) is 0. The predicted molar refractivity (Wildman–Crippen MR) is 66.7 cm³/mol. The molecular formula is C12H22N4. The number of hydrogen-bond donors (Lipinski definition) is 1. The van der Waals surface area contributed by atoms with Crippen molar-refractivity contribution in [2.45, 2.75) is 39.3 Å². The van der Waals surface area contributed by atoms with E-state index in [1.54, 1.807) is 0 Å². The third kappa shape index (κ3) is 2.76. The van der Waals surface area contributed by atoms with Crippen LogP contribution in [0.4, 0.5) is 5.95 Å². The van der Waals surface area contributed by atoms with Crippen molar-refractivity contribution in [3.63, 3.8) is 0 Å². The Hall–Kier alpha value is -1.03. The van der Waals surface area contributed by atoms with Crippen LogP contribution in [0.5, 0.6) is 0 Å². The summed E-state index contributed by atoms with van der Waals surface area (Å²) in [6.07, 6.45) is 6.64. The van der Waals surface area contributed by atoms with Crippen molar-refractivity contribution in [1.82, 2.24) is 14.5 Å². The molecule has 1 saturated carbocycles. The molecule has 0 radical (unpaired) electrons. The Morgan fingerprint density at radius 3 is 2.94 bits per heavy atom. The summed E-state index contributed by atoms with van der Waals surface area (Å²) in [6, 6.07) is 0.859. The average Bonchev–Trinajstić information content (AvgIpc) is 3.04. The molecule has 0 bridgehead atoms. The largest absolute Gasteiger partial charge is 0.354 e. The molecule has 0 aromatic carbocycles. The van der Waals surface area contributed by atoms with Crippen molar-refractivity contribution in [1.29, 1.82) is 0 Å². The van der Waals surface area contributed by atoms with Gasteiger partial charge in [-0.15, -0.1) is 0 Å². The quantitative estimate of drug-likeness (QED) is 0.763. The van der Waals surface area contributed by atoms with Gasteiger partial charge in [0.1, 0.15) is 0 Å². The van der Waals surface area contributed by atoms with Crippen LogP contribution in [-0.2, 0) is 6.54 Å². The maximum Gasteiger partial charge on any atom is 0.202 e. The third-order valence-corrected chi connectivity index (χ3v) is 3.21. The van der Waals surface area contributed by atoms with E-state index >= 15 is 0 Å². The highest BCUT2D eigenvalue weighted by Crippen LogP contribution is 2.25. The summed E-state index contributed by atoms with van der Waals surface area (Å²) in [4.78, 5) is 6.85. The maximum absolute atomic E-state index is 4.30. The summed E-state index contributed by atoms with van der Waals surface area (Å²) >= 11 is 0. The molecule has 16 heavy (non-hydrogen) atoms. The fraction of sp³-hybridized carbons (Fsp3) is 0.750. The number of nitrogens with one attached hydrogen (secondary N) is 1. The van der Waals surface area contributed by atoms with E-state index in [1.807, 2.05) is 12.4 Å². The van der Waals surface area contributed by atoms with Gasteiger partial charge in [-0.1, -0.05) is 6.92 Å². The molecule has 1 aromatic heterocycles. The third-order valence-electron chi connectivity index (χ3n) is 3.21. The summed E-state index contributed by atoms with van der Waals surface area (Å²) in [6.45, 7) is 8.62. The fourth-order valence-electron chi connectivity index (χ4n) is 2.08. The zero-order valence-corrected chi connectivity index (χ0v) is 10.3. The van der Waals surface area contributed by atoms with Crippen molar-refractivity contribution >= 4 is 5.95 Å². The molecule has 0 aliphatic heterocycles. The molecule has 0 unspecified atom stereocenters. The first-order chi connectivity index (χ1) is 7.85. The van der Waals surface area contributed by atoms with E-state index in [1.165, 1.54) is 12.8 Å². The van der Waals surface area contributed by atoms with Crippen molar-refractivity contribution in [3.05, 3.63) is 12.4 Å². The van der Waals surface area contributed by atoms with Gasteiger partial charge in [0.2, 0.25) is 5.95 Å². The Bertz CT molecular complexity index is 317. The van der Waals surface area contributed by atoms with E-state index in [0.29, 0.717) is 0 Å². The van der Waals surface area contributed by atoms with Crippen molar-refractivity contribution in [3.8, 4) is 0 Å². The van der Waals surface area contributed by atoms with Crippen LogP contribution in [0.15, 0.2) is 12.4 Å². The molecule has 4 nitrogen and oxygen atoms in total. The number of aryl methyl sites for hydroxylation is 1. The Morgan fingerprint density at radius 2 is 2.31 bits per heavy atom. The molecule has 1 N–H and O–H groups in total. The van der Waals surface area contributed by atoms with Gasteiger partial charge < -0.3 is 9.88 Å². The van der Waals surface area contributed by atoms with Crippen LogP contribution < -0.4 is 5.32 Å². The van der Waals surface area contributed by atoms with Crippen LogP contribution in [0.1, 0.15) is 26.7 Å². The summed E-state index contributed by atoms with van der Waals surface area (Å²) in [5, 5.41) is 3.40. The number of imidazole rings is 1. The SMILES string of the molecule is CCN(CCNc1nccn1CC)C1CC1. The van der Waals surface area contributed by atoms with Crippen molar-refractivity contribution < 1.29 is 0 Å². The van der Waals surface area contributed by atoms with Crippen molar-refractivity contribution in [2.24, 2.45) is 0 Å². The molecule has 1 heterocycles. The van der Waals surface area contributed by atoms with Gasteiger partial charge in [-0.2, -0.15) is 0 Å². The fourth-order valence-corrected chi connectivity index (χ4v) is 2.08. The van der Waals surface area contributed by atoms with Gasteiger partial charge in [-0.05, 0) is 26.3 Å². The Morgan fingerprint density at radius 1 is 1.50 bits per heavy atom. The second kappa shape index (κ2) is 5.34. The number of rotatable bonds is 7. The van der Waals surface area contributed by atoms with Gasteiger partial charge in [-0.3, -0.25) is 4.90 Å². The Labute approximate surface area is 97.7 Å². The van der Waals surface area contributed by atoms with Crippen LogP contribution >= 0.6 is 0 Å². The minimum Gasteiger partial charge on any atom is -0.354 e. The monoisotopic (exact) mass is 222 g/mol. The van der Waals surface area contributed by atoms with Crippen LogP contribution in [0.3, 0.4) is 0 Å². The van der Waals surface area contributed by atoms with Gasteiger partial charge in [0.25, 0.3) is 0 Å². The highest BCUT2D eigenvalue weighted by molar-refractivity contribution is 5.25. The van der Waals surface area contributed by atoms with E-state index in [4.69, 9.17) is 0 Å². The second-order valence-electron chi connectivity index (χ2n) is 4.32. The predicted octanol–water partition coefficient (Wildman–Crippen LogP) is 1.80. The molecule has 2 rings (SSSR count). The first-order valence-electron chi connectivity index (χ1n) is 6.34. The highest BCUT2D eigenvalue weighted by Gasteiger charge is 2.27. The van der Waals surface area contributed by atoms with Gasteiger partial charge in [0, 0.05) is 38.1 Å². The van der Waals surface area contributed by atoms with Crippen LogP contribution in [0.2, 0.25) is 0 Å². The molecule has 1 aliphatic rings. The lowest BCUT2D eigenvalue weighted by Crippen LogP contribution is -2.31. The summed E-state index contributed by atoms with van der Waals surface area (Å²) in [7, 11) is 0. The first kappa shape index (κ1) is 11.5. The number of nitrogens with zero attached hydrogens (tertiary/aromatic N) is 3. The highest BCUT2D eigenvalue weighted by atomic mass is 15.2. The minimum atomic E-state index is 0.859. The van der Waals surface area contributed by atoms with Gasteiger partial charge >= 0.3 is 0 Å². The lowest BCUT2D eigenvalue weighted by molar-refractivity contribution is 0.288. The molecule has 1 aliphatic carbocycles. The Balaban J connectivity index is 1.74. The van der Waals surface area contributed by atoms with E-state index in [-0.39, 0.29) is 0 Å². The molecular weight excluding hydrogens is 200 g/mol. The number of hydrogen-bond acceptors (Lipinski definition) is 3. The number of likely N-dealkylation sites (N-methyl/N-ethyl adjacent to an activating group) is 1. The molecule has 1 fully saturated rings. The van der Waals surface area contributed by atoms with E-state index < -0.39 is 0 Å². The molecule has 1 aromatic rings. The van der Waals surface area contributed by atoms with Gasteiger partial charge in [0.05, 0.1) is 0 Å². The molecule has 0 atom stereocenters. The van der Waals surface area contributed by atoms with E-state index in [2.05, 4.69) is 33.6 Å². The zero-order chi connectivity index (χ0) is 11.4. The van der Waals surface area contributed by atoms with E-state index in [0.717, 1.165) is 38.2 Å². The maximum atomic E-state index is 4.30. The average molecular weight is 222 g/mol. The number of aromatic nitrogens is 2. The minimum absolute atomic E-state index is 0.859. The lowest BCUT2D eigenvalue weighted by Gasteiger charge is -2.20. The second-order valence-corrected chi connectivity index (χ2v) is 4.32. The molecule has 90 valence electrons. The first-order valence-corrected chi connectivity index (χ1v) is 6.34. The summed E-state index contributed by atoms with van der Waals surface area (Å²) in [5.74, 6) is 0.995. The smallest absolute Gasteiger partial charge is 0.202 e. The molecule has 4 heteroatoms. The number of anilines is 1. The topological polar surface area (TPSA) is 33.1 Å². The summed E-state index contributed by atoms with van der Waals surface area (Å²) < 4.78 is 2.13. The van der Waals surface area contributed by atoms with E-state index in [9.17, 15) is 0 Å². The van der Waals surface area contributed by atoms with Crippen molar-refractivity contribution in [2.75, 3.05) is 25.0 Å². The van der Waals surface area contributed by atoms with Crippen LogP contribution in [0.25, 0.3) is 0 Å².